The van der Waals surface area contributed by atoms with Crippen LogP contribution in [0.1, 0.15) is 13.3 Å². The summed E-state index contributed by atoms with van der Waals surface area (Å²) >= 11 is 4.85. The highest BCUT2D eigenvalue weighted by molar-refractivity contribution is 9.10. The maximum atomic E-state index is 12.6. The van der Waals surface area contributed by atoms with Crippen molar-refractivity contribution in [2.45, 2.75) is 19.9 Å². The predicted octanol–water partition coefficient (Wildman–Crippen LogP) is 3.86. The van der Waals surface area contributed by atoms with Crippen LogP contribution in [0.15, 0.2) is 56.9 Å². The summed E-state index contributed by atoms with van der Waals surface area (Å²) < 4.78 is 2.73. The van der Waals surface area contributed by atoms with Gasteiger partial charge in [-0.15, -0.1) is 0 Å². The molecule has 0 N–H and O–H groups in total. The van der Waals surface area contributed by atoms with Crippen molar-refractivity contribution in [1.82, 2.24) is 9.55 Å². The standard InChI is InChI=1S/C16H14BrN3OS/c1-2-10-20-15(21)13-4-3-9-18-14(13)22-16(20)19-12-7-5-11(17)6-8-12/h3-9H,2,10H2,1H3/b19-16-. The van der Waals surface area contributed by atoms with Crippen molar-refractivity contribution >= 4 is 43.2 Å². The molecule has 2 heterocycles. The maximum Gasteiger partial charge on any atom is 0.263 e. The van der Waals surface area contributed by atoms with Crippen molar-refractivity contribution in [3.63, 3.8) is 0 Å². The first-order valence-electron chi connectivity index (χ1n) is 6.98. The number of fused-ring (bicyclic) bond motifs is 1. The minimum Gasteiger partial charge on any atom is -0.284 e. The summed E-state index contributed by atoms with van der Waals surface area (Å²) in [5, 5.41) is 0.649. The molecule has 0 spiro atoms. The van der Waals surface area contributed by atoms with Crippen LogP contribution in [0.5, 0.6) is 0 Å². The highest BCUT2D eigenvalue weighted by Crippen LogP contribution is 2.16. The minimum atomic E-state index is -0.0282. The average Bonchev–Trinajstić information content (AvgIpc) is 2.53. The molecule has 0 aliphatic carbocycles. The first-order chi connectivity index (χ1) is 10.7. The molecule has 112 valence electrons. The van der Waals surface area contributed by atoms with Gasteiger partial charge in [0.2, 0.25) is 0 Å². The Hall–Kier alpha value is -1.79. The van der Waals surface area contributed by atoms with E-state index in [0.717, 1.165) is 21.4 Å². The second-order valence-corrected chi connectivity index (χ2v) is 6.66. The molecular formula is C16H14BrN3OS. The third-order valence-corrected chi connectivity index (χ3v) is 4.71. The zero-order valence-corrected chi connectivity index (χ0v) is 14.4. The van der Waals surface area contributed by atoms with Crippen LogP contribution in [0.2, 0.25) is 0 Å². The Balaban J connectivity index is 2.29. The monoisotopic (exact) mass is 375 g/mol. The molecule has 22 heavy (non-hydrogen) atoms. The van der Waals surface area contributed by atoms with Crippen LogP contribution in [0, 0.1) is 0 Å². The second-order valence-electron chi connectivity index (χ2n) is 4.79. The molecule has 0 unspecified atom stereocenters. The molecule has 0 saturated heterocycles. The van der Waals surface area contributed by atoms with Gasteiger partial charge in [-0.25, -0.2) is 9.98 Å². The van der Waals surface area contributed by atoms with Crippen molar-refractivity contribution < 1.29 is 0 Å². The normalized spacial score (nSPS) is 12.0. The van der Waals surface area contributed by atoms with E-state index in [1.807, 2.05) is 37.3 Å². The van der Waals surface area contributed by atoms with Gasteiger partial charge in [0.15, 0.2) is 4.80 Å². The number of nitrogens with zero attached hydrogens (tertiary/aromatic N) is 3. The third kappa shape index (κ3) is 3.03. The Morgan fingerprint density at radius 2 is 2.05 bits per heavy atom. The molecule has 0 saturated carbocycles. The number of aromatic nitrogens is 2. The zero-order chi connectivity index (χ0) is 15.5. The van der Waals surface area contributed by atoms with Crippen LogP contribution in [0.4, 0.5) is 5.69 Å². The van der Waals surface area contributed by atoms with Crippen molar-refractivity contribution in [2.24, 2.45) is 4.99 Å². The Morgan fingerprint density at radius 1 is 1.27 bits per heavy atom. The quantitative estimate of drug-likeness (QED) is 0.697. The van der Waals surface area contributed by atoms with E-state index in [4.69, 9.17) is 0 Å². The van der Waals surface area contributed by atoms with Crippen molar-refractivity contribution in [3.05, 3.63) is 62.2 Å². The molecule has 0 atom stereocenters. The van der Waals surface area contributed by atoms with Gasteiger partial charge >= 0.3 is 0 Å². The molecular weight excluding hydrogens is 362 g/mol. The number of pyridine rings is 1. The minimum absolute atomic E-state index is 0.0282. The van der Waals surface area contributed by atoms with Gasteiger partial charge in [0.05, 0.1) is 11.1 Å². The number of hydrogen-bond acceptors (Lipinski definition) is 4. The molecule has 3 rings (SSSR count). The first-order valence-corrected chi connectivity index (χ1v) is 8.59. The Kier molecular flexibility index (Phi) is 4.49. The topological polar surface area (TPSA) is 47.2 Å². The van der Waals surface area contributed by atoms with Gasteiger partial charge in [0.1, 0.15) is 4.83 Å². The highest BCUT2D eigenvalue weighted by atomic mass is 79.9. The largest absolute Gasteiger partial charge is 0.284 e. The van der Waals surface area contributed by atoms with E-state index >= 15 is 0 Å². The second kappa shape index (κ2) is 6.54. The van der Waals surface area contributed by atoms with E-state index in [2.05, 4.69) is 25.9 Å². The number of halogens is 1. The van der Waals surface area contributed by atoms with E-state index in [-0.39, 0.29) is 5.56 Å². The lowest BCUT2D eigenvalue weighted by molar-refractivity contribution is 0.640. The van der Waals surface area contributed by atoms with Gasteiger partial charge in [-0.05, 0) is 42.8 Å². The summed E-state index contributed by atoms with van der Waals surface area (Å²) in [5.41, 5.74) is 0.790. The van der Waals surface area contributed by atoms with Gasteiger partial charge in [-0.3, -0.25) is 9.36 Å². The van der Waals surface area contributed by atoms with E-state index in [9.17, 15) is 4.79 Å². The molecule has 3 aromatic rings. The van der Waals surface area contributed by atoms with Gasteiger partial charge in [0, 0.05) is 17.2 Å². The van der Waals surface area contributed by atoms with E-state index in [1.165, 1.54) is 11.3 Å². The van der Waals surface area contributed by atoms with Crippen LogP contribution >= 0.6 is 27.3 Å². The molecule has 0 aliphatic heterocycles. The molecule has 4 nitrogen and oxygen atoms in total. The molecule has 0 amide bonds. The van der Waals surface area contributed by atoms with Crippen molar-refractivity contribution in [3.8, 4) is 0 Å². The summed E-state index contributed by atoms with van der Waals surface area (Å²) in [5.74, 6) is 0. The smallest absolute Gasteiger partial charge is 0.263 e. The van der Waals surface area contributed by atoms with Crippen LogP contribution in [0.25, 0.3) is 10.2 Å². The number of rotatable bonds is 3. The zero-order valence-electron chi connectivity index (χ0n) is 12.0. The molecule has 0 fully saturated rings. The summed E-state index contributed by atoms with van der Waals surface area (Å²) in [4.78, 5) is 23.0. The number of hydrogen-bond donors (Lipinski definition) is 0. The van der Waals surface area contributed by atoms with Crippen LogP contribution in [-0.2, 0) is 6.54 Å². The average molecular weight is 376 g/mol. The third-order valence-electron chi connectivity index (χ3n) is 3.16. The fourth-order valence-electron chi connectivity index (χ4n) is 2.14. The summed E-state index contributed by atoms with van der Waals surface area (Å²) in [6.45, 7) is 2.70. The Morgan fingerprint density at radius 3 is 2.77 bits per heavy atom. The van der Waals surface area contributed by atoms with Crippen LogP contribution in [0.3, 0.4) is 0 Å². The highest BCUT2D eigenvalue weighted by Gasteiger charge is 2.07. The first kappa shape index (κ1) is 15.1. The van der Waals surface area contributed by atoms with E-state index in [1.54, 1.807) is 16.8 Å². The summed E-state index contributed by atoms with van der Waals surface area (Å²) in [7, 11) is 0. The molecule has 1 aromatic carbocycles. The Bertz CT molecular complexity index is 929. The predicted molar refractivity (Wildman–Crippen MR) is 93.5 cm³/mol. The summed E-state index contributed by atoms with van der Waals surface area (Å²) in [6.07, 6.45) is 2.58. The Labute approximate surface area is 139 Å². The van der Waals surface area contributed by atoms with E-state index < -0.39 is 0 Å². The van der Waals surface area contributed by atoms with Gasteiger partial charge in [-0.1, -0.05) is 34.2 Å². The molecule has 0 aliphatic rings. The fourth-order valence-corrected chi connectivity index (χ4v) is 3.39. The molecule has 6 heteroatoms. The fraction of sp³-hybridized carbons (Fsp3) is 0.188. The number of benzene rings is 1. The molecule has 0 radical (unpaired) electrons. The molecule has 2 aromatic heterocycles. The van der Waals surface area contributed by atoms with Gasteiger partial charge in [0.25, 0.3) is 5.56 Å². The SMILES string of the molecule is CCCn1c(=O)c2cccnc2s/c1=N\c1ccc(Br)cc1. The van der Waals surface area contributed by atoms with Crippen LogP contribution in [-0.4, -0.2) is 9.55 Å². The lowest BCUT2D eigenvalue weighted by Crippen LogP contribution is -2.31. The lowest BCUT2D eigenvalue weighted by Gasteiger charge is -2.06. The molecule has 0 bridgehead atoms. The maximum absolute atomic E-state index is 12.6. The lowest BCUT2D eigenvalue weighted by atomic mass is 10.3. The van der Waals surface area contributed by atoms with Crippen molar-refractivity contribution in [1.29, 1.82) is 0 Å². The van der Waals surface area contributed by atoms with Crippen molar-refractivity contribution in [2.75, 3.05) is 0 Å². The summed E-state index contributed by atoms with van der Waals surface area (Å²) in [6, 6.07) is 11.3. The van der Waals surface area contributed by atoms with Crippen LogP contribution < -0.4 is 10.4 Å². The van der Waals surface area contributed by atoms with Gasteiger partial charge in [-0.2, -0.15) is 0 Å². The van der Waals surface area contributed by atoms with Gasteiger partial charge < -0.3 is 0 Å². The van der Waals surface area contributed by atoms with E-state index in [0.29, 0.717) is 16.7 Å².